The third-order valence-electron chi connectivity index (χ3n) is 2.59. The fraction of sp³-hybridized carbons (Fsp3) is 0.250. The molecule has 0 unspecified atom stereocenters. The van der Waals surface area contributed by atoms with E-state index in [1.165, 1.54) is 11.3 Å². The number of carbonyl (C=O) groups is 1. The predicted molar refractivity (Wildman–Crippen MR) is 65.8 cm³/mol. The highest BCUT2D eigenvalue weighted by Gasteiger charge is 2.25. The number of nitrogens with one attached hydrogen (secondary N) is 1. The largest absolute Gasteiger partial charge is 0.347 e. The number of pyridine rings is 1. The highest BCUT2D eigenvalue weighted by molar-refractivity contribution is 7.12. The topological polar surface area (TPSA) is 54.9 Å². The van der Waals surface area contributed by atoms with Gasteiger partial charge in [-0.05, 0) is 25.0 Å². The van der Waals surface area contributed by atoms with E-state index in [2.05, 4.69) is 15.3 Å². The van der Waals surface area contributed by atoms with Gasteiger partial charge in [0.1, 0.15) is 0 Å². The molecule has 4 nitrogen and oxygen atoms in total. The molecule has 2 aromatic heterocycles. The number of aromatic nitrogens is 2. The van der Waals surface area contributed by atoms with E-state index in [9.17, 15) is 4.79 Å². The molecular weight excluding hydrogens is 234 g/mol. The Morgan fingerprint density at radius 1 is 1.35 bits per heavy atom. The highest BCUT2D eigenvalue weighted by atomic mass is 32.1. The Morgan fingerprint density at radius 3 is 2.82 bits per heavy atom. The molecule has 5 heteroatoms. The molecule has 0 saturated heterocycles. The molecule has 0 radical (unpaired) electrons. The molecular formula is C12H11N3OS. The molecule has 0 atom stereocenters. The third-order valence-corrected chi connectivity index (χ3v) is 3.43. The van der Waals surface area contributed by atoms with Crippen LogP contribution >= 0.6 is 11.3 Å². The van der Waals surface area contributed by atoms with Crippen molar-refractivity contribution >= 4 is 17.2 Å². The summed E-state index contributed by atoms with van der Waals surface area (Å²) >= 11 is 1.38. The number of rotatable bonds is 3. The lowest BCUT2D eigenvalue weighted by molar-refractivity contribution is 0.0951. The van der Waals surface area contributed by atoms with Gasteiger partial charge in [0, 0.05) is 29.4 Å². The van der Waals surface area contributed by atoms with E-state index in [4.69, 9.17) is 0 Å². The van der Waals surface area contributed by atoms with Crippen molar-refractivity contribution in [2.75, 3.05) is 0 Å². The van der Waals surface area contributed by atoms with Crippen molar-refractivity contribution in [1.82, 2.24) is 15.3 Å². The predicted octanol–water partition coefficient (Wildman–Crippen LogP) is 2.10. The van der Waals surface area contributed by atoms with Crippen molar-refractivity contribution in [2.24, 2.45) is 0 Å². The average molecular weight is 245 g/mol. The first-order chi connectivity index (χ1) is 8.33. The van der Waals surface area contributed by atoms with E-state index in [0.717, 1.165) is 24.1 Å². The van der Waals surface area contributed by atoms with Crippen molar-refractivity contribution in [3.63, 3.8) is 0 Å². The van der Waals surface area contributed by atoms with Crippen LogP contribution in [0.4, 0.5) is 0 Å². The molecule has 3 rings (SSSR count). The summed E-state index contributed by atoms with van der Waals surface area (Å²) < 4.78 is 0. The van der Waals surface area contributed by atoms with Crippen LogP contribution < -0.4 is 5.32 Å². The Bertz CT molecular complexity index is 534. The van der Waals surface area contributed by atoms with Crippen molar-refractivity contribution in [3.8, 4) is 11.3 Å². The number of nitrogens with zero attached hydrogens (tertiary/aromatic N) is 2. The Labute approximate surface area is 103 Å². The molecule has 86 valence electrons. The molecule has 1 saturated carbocycles. The number of hydrogen-bond acceptors (Lipinski definition) is 4. The molecule has 1 amide bonds. The van der Waals surface area contributed by atoms with Gasteiger partial charge in [0.25, 0.3) is 5.91 Å². The number of hydrogen-bond donors (Lipinski definition) is 1. The van der Waals surface area contributed by atoms with Gasteiger partial charge in [-0.2, -0.15) is 0 Å². The van der Waals surface area contributed by atoms with Gasteiger partial charge in [-0.15, -0.1) is 11.3 Å². The van der Waals surface area contributed by atoms with Crippen LogP contribution in [0.25, 0.3) is 11.3 Å². The molecule has 1 N–H and O–H groups in total. The van der Waals surface area contributed by atoms with Crippen molar-refractivity contribution in [2.45, 2.75) is 18.9 Å². The van der Waals surface area contributed by atoms with Crippen molar-refractivity contribution in [3.05, 3.63) is 34.9 Å². The Balaban J connectivity index is 1.80. The van der Waals surface area contributed by atoms with Gasteiger partial charge < -0.3 is 5.32 Å². The first kappa shape index (κ1) is 10.4. The third kappa shape index (κ3) is 2.34. The second-order valence-electron chi connectivity index (χ2n) is 4.02. The summed E-state index contributed by atoms with van der Waals surface area (Å²) in [5.74, 6) is -0.0576. The number of thiazole rings is 1. The van der Waals surface area contributed by atoms with E-state index in [-0.39, 0.29) is 5.91 Å². The van der Waals surface area contributed by atoms with Gasteiger partial charge in [0.15, 0.2) is 5.01 Å². The van der Waals surface area contributed by atoms with Crippen LogP contribution in [0.1, 0.15) is 22.6 Å². The second-order valence-corrected chi connectivity index (χ2v) is 4.88. The zero-order chi connectivity index (χ0) is 11.7. The van der Waals surface area contributed by atoms with Gasteiger partial charge in [-0.25, -0.2) is 4.98 Å². The van der Waals surface area contributed by atoms with Gasteiger partial charge >= 0.3 is 0 Å². The molecule has 0 bridgehead atoms. The maximum Gasteiger partial charge on any atom is 0.280 e. The highest BCUT2D eigenvalue weighted by Crippen LogP contribution is 2.23. The quantitative estimate of drug-likeness (QED) is 0.901. The van der Waals surface area contributed by atoms with E-state index in [1.54, 1.807) is 12.4 Å². The average Bonchev–Trinajstić information content (AvgIpc) is 3.04. The Hall–Kier alpha value is -1.75. The summed E-state index contributed by atoms with van der Waals surface area (Å²) in [6.45, 7) is 0. The molecule has 1 fully saturated rings. The van der Waals surface area contributed by atoms with Crippen LogP contribution in [0, 0.1) is 0 Å². The Kier molecular flexibility index (Phi) is 2.60. The maximum absolute atomic E-state index is 11.8. The first-order valence-corrected chi connectivity index (χ1v) is 6.38. The van der Waals surface area contributed by atoms with E-state index in [0.29, 0.717) is 11.0 Å². The fourth-order valence-corrected chi connectivity index (χ4v) is 2.24. The summed E-state index contributed by atoms with van der Waals surface area (Å²) in [5, 5.41) is 5.36. The monoisotopic (exact) mass is 245 g/mol. The summed E-state index contributed by atoms with van der Waals surface area (Å²) in [5.41, 5.74) is 1.82. The summed E-state index contributed by atoms with van der Waals surface area (Å²) in [4.78, 5) is 20.1. The number of amides is 1. The zero-order valence-corrected chi connectivity index (χ0v) is 9.91. The molecule has 2 heterocycles. The molecule has 1 aliphatic rings. The number of carbonyl (C=O) groups excluding carboxylic acids is 1. The van der Waals surface area contributed by atoms with E-state index >= 15 is 0 Å². The van der Waals surface area contributed by atoms with E-state index < -0.39 is 0 Å². The molecule has 0 spiro atoms. The van der Waals surface area contributed by atoms with Crippen LogP contribution in [-0.2, 0) is 0 Å². The minimum Gasteiger partial charge on any atom is -0.347 e. The van der Waals surface area contributed by atoms with Crippen LogP contribution in [0.5, 0.6) is 0 Å². The van der Waals surface area contributed by atoms with Crippen molar-refractivity contribution < 1.29 is 4.79 Å². The normalized spacial score (nSPS) is 14.6. The molecule has 1 aliphatic carbocycles. The summed E-state index contributed by atoms with van der Waals surface area (Å²) in [6.07, 6.45) is 5.62. The molecule has 0 aromatic carbocycles. The van der Waals surface area contributed by atoms with E-state index in [1.807, 2.05) is 17.5 Å². The fourth-order valence-electron chi connectivity index (χ4n) is 1.51. The van der Waals surface area contributed by atoms with Gasteiger partial charge in [0.2, 0.25) is 0 Å². The zero-order valence-electron chi connectivity index (χ0n) is 9.09. The maximum atomic E-state index is 11.8. The molecule has 2 aromatic rings. The van der Waals surface area contributed by atoms with Crippen LogP contribution in [0.3, 0.4) is 0 Å². The lowest BCUT2D eigenvalue weighted by Crippen LogP contribution is -2.25. The molecule has 17 heavy (non-hydrogen) atoms. The summed E-state index contributed by atoms with van der Waals surface area (Å²) in [6, 6.07) is 4.14. The van der Waals surface area contributed by atoms with Gasteiger partial charge in [0.05, 0.1) is 5.69 Å². The van der Waals surface area contributed by atoms with Crippen molar-refractivity contribution in [1.29, 1.82) is 0 Å². The lowest BCUT2D eigenvalue weighted by Gasteiger charge is -1.98. The SMILES string of the molecule is O=C(NC1CC1)c1nc(-c2ccncc2)cs1. The molecule has 0 aliphatic heterocycles. The minimum atomic E-state index is -0.0576. The van der Waals surface area contributed by atoms with Crippen LogP contribution in [0.15, 0.2) is 29.9 Å². The minimum absolute atomic E-state index is 0.0576. The van der Waals surface area contributed by atoms with Gasteiger partial charge in [-0.1, -0.05) is 0 Å². The summed E-state index contributed by atoms with van der Waals surface area (Å²) in [7, 11) is 0. The first-order valence-electron chi connectivity index (χ1n) is 5.50. The Morgan fingerprint density at radius 2 is 2.12 bits per heavy atom. The van der Waals surface area contributed by atoms with Gasteiger partial charge in [-0.3, -0.25) is 9.78 Å². The van der Waals surface area contributed by atoms with Crippen LogP contribution in [-0.4, -0.2) is 21.9 Å². The standard InChI is InChI=1S/C12H11N3OS/c16-11(14-9-1-2-9)12-15-10(7-17-12)8-3-5-13-6-4-8/h3-7,9H,1-2H2,(H,14,16). The second kappa shape index (κ2) is 4.25. The van der Waals surface area contributed by atoms with Crippen LogP contribution in [0.2, 0.25) is 0 Å². The lowest BCUT2D eigenvalue weighted by atomic mass is 10.2. The smallest absolute Gasteiger partial charge is 0.280 e.